The molecule has 0 spiro atoms. The smallest absolute Gasteiger partial charge is 0.324 e. The molecule has 25 heavy (non-hydrogen) atoms. The molecule has 0 aliphatic carbocycles. The quantitative estimate of drug-likeness (QED) is 0.679. The molecule has 1 aromatic carbocycles. The highest BCUT2D eigenvalue weighted by Gasteiger charge is 2.25. The van der Waals surface area contributed by atoms with Crippen molar-refractivity contribution in [3.63, 3.8) is 0 Å². The fraction of sp³-hybridized carbons (Fsp3) is 0.294. The highest BCUT2D eigenvalue weighted by Crippen LogP contribution is 2.19. The van der Waals surface area contributed by atoms with Gasteiger partial charge in [-0.15, -0.1) is 0 Å². The van der Waals surface area contributed by atoms with E-state index in [0.29, 0.717) is 35.6 Å². The first kappa shape index (κ1) is 15.5. The second-order valence-corrected chi connectivity index (χ2v) is 6.07. The summed E-state index contributed by atoms with van der Waals surface area (Å²) >= 11 is 0. The minimum absolute atomic E-state index is 0.299. The van der Waals surface area contributed by atoms with Crippen LogP contribution in [0, 0.1) is 5.82 Å². The normalized spacial score (nSPS) is 14.4. The number of likely N-dealkylation sites (tertiary alicyclic amines) is 1. The number of halogens is 1. The van der Waals surface area contributed by atoms with E-state index in [-0.39, 0.29) is 6.03 Å². The molecule has 1 fully saturated rings. The Balaban J connectivity index is 1.86. The topological polar surface area (TPSA) is 73.0 Å². The van der Waals surface area contributed by atoms with Gasteiger partial charge < -0.3 is 4.90 Å². The van der Waals surface area contributed by atoms with Gasteiger partial charge in [-0.2, -0.15) is 0 Å². The van der Waals surface area contributed by atoms with E-state index < -0.39 is 11.5 Å². The minimum atomic E-state index is -0.461. The Hall–Kier alpha value is -3.03. The van der Waals surface area contributed by atoms with Gasteiger partial charge in [0.1, 0.15) is 11.3 Å². The Labute approximate surface area is 142 Å². The van der Waals surface area contributed by atoms with Gasteiger partial charge in [0.2, 0.25) is 0 Å². The van der Waals surface area contributed by atoms with Crippen LogP contribution in [-0.2, 0) is 7.05 Å². The van der Waals surface area contributed by atoms with Crippen molar-refractivity contribution >= 4 is 17.2 Å². The fourth-order valence-electron chi connectivity index (χ4n) is 3.12. The fourth-order valence-corrected chi connectivity index (χ4v) is 3.12. The lowest BCUT2D eigenvalue weighted by atomic mass is 10.2. The minimum Gasteiger partial charge on any atom is -0.324 e. The average molecular weight is 341 g/mol. The van der Waals surface area contributed by atoms with Crippen molar-refractivity contribution in [2.24, 2.45) is 7.05 Å². The summed E-state index contributed by atoms with van der Waals surface area (Å²) in [5.41, 5.74) is 0.738. The molecule has 0 bridgehead atoms. The number of rotatable bonds is 1. The van der Waals surface area contributed by atoms with Gasteiger partial charge in [0, 0.05) is 25.7 Å². The zero-order valence-corrected chi connectivity index (χ0v) is 13.6. The van der Waals surface area contributed by atoms with E-state index in [0.717, 1.165) is 17.4 Å². The second-order valence-electron chi connectivity index (χ2n) is 6.07. The third-order valence-corrected chi connectivity index (χ3v) is 4.44. The summed E-state index contributed by atoms with van der Waals surface area (Å²) in [6.45, 7) is 1.29. The van der Waals surface area contributed by atoms with E-state index >= 15 is 0 Å². The van der Waals surface area contributed by atoms with Gasteiger partial charge in [0.15, 0.2) is 11.5 Å². The summed E-state index contributed by atoms with van der Waals surface area (Å²) < 4.78 is 15.8. The van der Waals surface area contributed by atoms with Gasteiger partial charge in [0.25, 0.3) is 0 Å². The maximum Gasteiger partial charge on any atom is 0.338 e. The number of carbonyl (C=O) groups excluding carboxylic acids is 1. The summed E-state index contributed by atoms with van der Waals surface area (Å²) in [4.78, 5) is 35.4. The van der Waals surface area contributed by atoms with Crippen molar-refractivity contribution in [1.29, 1.82) is 0 Å². The maximum atomic E-state index is 13.4. The molecule has 1 aliphatic rings. The molecule has 4 rings (SSSR count). The number of fused-ring (bicyclic) bond motifs is 1. The van der Waals surface area contributed by atoms with Crippen LogP contribution >= 0.6 is 0 Å². The molecule has 1 saturated heterocycles. The maximum absolute atomic E-state index is 13.4. The van der Waals surface area contributed by atoms with E-state index in [1.807, 2.05) is 0 Å². The predicted molar refractivity (Wildman–Crippen MR) is 89.8 cm³/mol. The Kier molecular flexibility index (Phi) is 3.60. The molecule has 1 amide bonds. The van der Waals surface area contributed by atoms with Gasteiger partial charge in [-0.25, -0.2) is 28.5 Å². The van der Waals surface area contributed by atoms with Crippen LogP contribution < -0.4 is 5.69 Å². The summed E-state index contributed by atoms with van der Waals surface area (Å²) in [6.07, 6.45) is 3.31. The lowest BCUT2D eigenvalue weighted by molar-refractivity contribution is 0.210. The van der Waals surface area contributed by atoms with Gasteiger partial charge in [-0.05, 0) is 25.0 Å². The number of hydrogen-bond donors (Lipinski definition) is 0. The molecule has 1 aliphatic heterocycles. The number of hydrogen-bond acceptors (Lipinski definition) is 4. The average Bonchev–Trinajstić information content (AvgIpc) is 3.23. The number of aryl methyl sites for hydroxylation is 1. The molecule has 128 valence electrons. The van der Waals surface area contributed by atoms with Gasteiger partial charge in [-0.1, -0.05) is 12.1 Å². The van der Waals surface area contributed by atoms with Crippen molar-refractivity contribution in [1.82, 2.24) is 24.0 Å². The molecular formula is C17H16FN5O2. The Morgan fingerprint density at radius 2 is 2.00 bits per heavy atom. The largest absolute Gasteiger partial charge is 0.338 e. The molecule has 3 heterocycles. The zero-order chi connectivity index (χ0) is 17.6. The lowest BCUT2D eigenvalue weighted by Crippen LogP contribution is -2.38. The number of nitrogens with zero attached hydrogens (tertiary/aromatic N) is 5. The standard InChI is InChI=1S/C17H16FN5O2/c1-21-15-13(23(16(21)24)17(25)22-7-2-3-8-22)10-19-14(20-15)11-5-4-6-12(18)9-11/h4-6,9-10H,2-3,7-8H2,1H3. The monoisotopic (exact) mass is 341 g/mol. The number of carbonyl (C=O) groups is 1. The first-order valence-electron chi connectivity index (χ1n) is 8.06. The zero-order valence-electron chi connectivity index (χ0n) is 13.6. The van der Waals surface area contributed by atoms with E-state index in [9.17, 15) is 14.0 Å². The molecule has 0 unspecified atom stereocenters. The molecule has 0 atom stereocenters. The Morgan fingerprint density at radius 3 is 2.72 bits per heavy atom. The number of benzene rings is 1. The van der Waals surface area contributed by atoms with Crippen LogP contribution in [0.3, 0.4) is 0 Å². The summed E-state index contributed by atoms with van der Waals surface area (Å²) in [5, 5.41) is 0. The van der Waals surface area contributed by atoms with E-state index in [1.54, 1.807) is 24.1 Å². The molecule has 8 heteroatoms. The van der Waals surface area contributed by atoms with Crippen molar-refractivity contribution in [3.8, 4) is 11.4 Å². The third kappa shape index (κ3) is 2.50. The van der Waals surface area contributed by atoms with Crippen LogP contribution in [0.5, 0.6) is 0 Å². The van der Waals surface area contributed by atoms with Crippen LogP contribution in [0.4, 0.5) is 9.18 Å². The highest BCUT2D eigenvalue weighted by molar-refractivity contribution is 5.88. The van der Waals surface area contributed by atoms with Crippen molar-refractivity contribution < 1.29 is 9.18 Å². The molecular weight excluding hydrogens is 325 g/mol. The number of amides is 1. The number of aromatic nitrogens is 4. The van der Waals surface area contributed by atoms with Crippen LogP contribution in [-0.4, -0.2) is 43.1 Å². The van der Waals surface area contributed by atoms with Crippen LogP contribution in [0.1, 0.15) is 12.8 Å². The van der Waals surface area contributed by atoms with E-state index in [4.69, 9.17) is 0 Å². The van der Waals surface area contributed by atoms with Crippen LogP contribution in [0.15, 0.2) is 35.3 Å². The Morgan fingerprint density at radius 1 is 1.24 bits per heavy atom. The van der Waals surface area contributed by atoms with E-state index in [1.165, 1.54) is 22.9 Å². The molecule has 2 aromatic heterocycles. The molecule has 7 nitrogen and oxygen atoms in total. The summed E-state index contributed by atoms with van der Waals surface area (Å²) in [7, 11) is 1.56. The van der Waals surface area contributed by atoms with Gasteiger partial charge in [0.05, 0.1) is 6.20 Å². The van der Waals surface area contributed by atoms with Crippen molar-refractivity contribution in [2.75, 3.05) is 13.1 Å². The number of imidazole rings is 1. The Bertz CT molecular complexity index is 1030. The van der Waals surface area contributed by atoms with Crippen molar-refractivity contribution in [2.45, 2.75) is 12.8 Å². The molecule has 0 saturated carbocycles. The lowest BCUT2D eigenvalue weighted by Gasteiger charge is -2.14. The van der Waals surface area contributed by atoms with Crippen LogP contribution in [0.25, 0.3) is 22.6 Å². The second kappa shape index (κ2) is 5.80. The van der Waals surface area contributed by atoms with Crippen molar-refractivity contribution in [3.05, 3.63) is 46.8 Å². The highest BCUT2D eigenvalue weighted by atomic mass is 19.1. The molecule has 0 radical (unpaired) electrons. The van der Waals surface area contributed by atoms with Gasteiger partial charge >= 0.3 is 11.7 Å². The molecule has 3 aromatic rings. The molecule has 0 N–H and O–H groups in total. The van der Waals surface area contributed by atoms with Gasteiger partial charge in [-0.3, -0.25) is 4.57 Å². The van der Waals surface area contributed by atoms with E-state index in [2.05, 4.69) is 9.97 Å². The predicted octanol–water partition coefficient (Wildman–Crippen LogP) is 2.00. The van der Waals surface area contributed by atoms with Crippen LogP contribution in [0.2, 0.25) is 0 Å². The summed E-state index contributed by atoms with van der Waals surface area (Å²) in [6, 6.07) is 5.57. The first-order valence-corrected chi connectivity index (χ1v) is 8.06. The third-order valence-electron chi connectivity index (χ3n) is 4.44. The first-order chi connectivity index (χ1) is 12.1. The summed E-state index contributed by atoms with van der Waals surface area (Å²) in [5.74, 6) is -0.0924. The SMILES string of the molecule is Cn1c(=O)n(C(=O)N2CCCC2)c2cnc(-c3cccc(F)c3)nc21.